The molecule has 2 N–H and O–H groups in total. The van der Waals surface area contributed by atoms with Gasteiger partial charge in [0, 0.05) is 11.6 Å². The Bertz CT molecular complexity index is 796. The van der Waals surface area contributed by atoms with Crippen LogP contribution in [0.15, 0.2) is 40.1 Å². The fourth-order valence-corrected chi connectivity index (χ4v) is 3.83. The Balaban J connectivity index is 2.36. The van der Waals surface area contributed by atoms with Crippen molar-refractivity contribution in [2.75, 3.05) is 6.26 Å². The van der Waals surface area contributed by atoms with Gasteiger partial charge < -0.3 is 5.11 Å². The molecule has 0 bridgehead atoms. The Morgan fingerprint density at radius 2 is 1.85 bits per heavy atom. The summed E-state index contributed by atoms with van der Waals surface area (Å²) in [5, 5.41) is 14.9. The van der Waals surface area contributed by atoms with Gasteiger partial charge in [-0.25, -0.2) is 0 Å². The van der Waals surface area contributed by atoms with E-state index in [0.29, 0.717) is 15.7 Å². The zero-order chi connectivity index (χ0) is 14.5. The summed E-state index contributed by atoms with van der Waals surface area (Å²) in [6, 6.07) is 6.95. The van der Waals surface area contributed by atoms with Crippen LogP contribution in [0.5, 0.6) is 5.75 Å². The summed E-state index contributed by atoms with van der Waals surface area (Å²) in [5.41, 5.74) is 0. The molecular formula is C11H10O7S2. The first-order chi connectivity index (χ1) is 9.29. The third-order valence-electron chi connectivity index (χ3n) is 2.89. The van der Waals surface area contributed by atoms with Crippen LogP contribution in [0.2, 0.25) is 0 Å². The van der Waals surface area contributed by atoms with E-state index in [4.69, 9.17) is 8.67 Å². The van der Waals surface area contributed by atoms with Crippen molar-refractivity contribution < 1.29 is 31.8 Å². The quantitative estimate of drug-likeness (QED) is 0.647. The molecule has 1 aliphatic heterocycles. The maximum atomic E-state index is 11.3. The molecule has 1 saturated heterocycles. The lowest BCUT2D eigenvalue weighted by Gasteiger charge is -2.42. The van der Waals surface area contributed by atoms with E-state index in [1.165, 1.54) is 30.3 Å². The van der Waals surface area contributed by atoms with Gasteiger partial charge in [-0.05, 0) is 34.7 Å². The second-order valence-corrected chi connectivity index (χ2v) is 7.96. The van der Waals surface area contributed by atoms with Gasteiger partial charge in [-0.1, -0.05) is 14.7 Å². The van der Waals surface area contributed by atoms with E-state index in [2.05, 4.69) is 5.04 Å². The minimum Gasteiger partial charge on any atom is -0.508 e. The highest BCUT2D eigenvalue weighted by atomic mass is 32.3. The van der Waals surface area contributed by atoms with E-state index in [1.807, 2.05) is 0 Å². The predicted octanol–water partition coefficient (Wildman–Crippen LogP) is 2.31. The van der Waals surface area contributed by atoms with Crippen molar-refractivity contribution in [2.24, 2.45) is 0 Å². The number of hydrogen-bond donors (Lipinski definition) is 2. The first kappa shape index (κ1) is 13.6. The van der Waals surface area contributed by atoms with Crippen LogP contribution in [0.4, 0.5) is 0 Å². The van der Waals surface area contributed by atoms with Crippen molar-refractivity contribution in [2.45, 2.75) is 9.79 Å². The van der Waals surface area contributed by atoms with Crippen LogP contribution in [0.1, 0.15) is 0 Å². The SMILES string of the molecule is CS1(c2cc(S(=O)(=O)O)cc3ccc(O)cc23)OOO1. The first-order valence-electron chi connectivity index (χ1n) is 5.37. The molecule has 0 aromatic heterocycles. The van der Waals surface area contributed by atoms with E-state index in [1.54, 1.807) is 6.26 Å². The molecule has 20 heavy (non-hydrogen) atoms. The molecule has 0 radical (unpaired) electrons. The average molecular weight is 318 g/mol. The Labute approximate surface area is 116 Å². The second-order valence-electron chi connectivity index (χ2n) is 4.28. The number of hydrogen-bond acceptors (Lipinski definition) is 6. The molecule has 2 aromatic rings. The van der Waals surface area contributed by atoms with Crippen LogP contribution in [0, 0.1) is 0 Å². The molecule has 108 valence electrons. The summed E-state index contributed by atoms with van der Waals surface area (Å²) in [6.45, 7) is 0. The third-order valence-corrected chi connectivity index (χ3v) is 5.48. The molecule has 0 atom stereocenters. The monoisotopic (exact) mass is 318 g/mol. The van der Waals surface area contributed by atoms with Crippen molar-refractivity contribution in [3.8, 4) is 5.75 Å². The Morgan fingerprint density at radius 3 is 2.40 bits per heavy atom. The fourth-order valence-electron chi connectivity index (χ4n) is 1.93. The summed E-state index contributed by atoms with van der Waals surface area (Å²) < 4.78 is 41.7. The first-order valence-corrected chi connectivity index (χ1v) is 8.70. The van der Waals surface area contributed by atoms with Crippen LogP contribution in [-0.2, 0) is 23.8 Å². The topological polar surface area (TPSA) is 102 Å². The molecule has 1 fully saturated rings. The molecule has 1 heterocycles. The molecule has 7 nitrogen and oxygen atoms in total. The molecule has 0 unspecified atom stereocenters. The smallest absolute Gasteiger partial charge is 0.294 e. The number of phenols is 1. The lowest BCUT2D eigenvalue weighted by molar-refractivity contribution is -0.470. The van der Waals surface area contributed by atoms with Crippen molar-refractivity contribution >= 4 is 31.5 Å². The Hall–Kier alpha value is -1.36. The van der Waals surface area contributed by atoms with Gasteiger partial charge in [-0.15, -0.1) is 10.6 Å². The molecular weight excluding hydrogens is 308 g/mol. The van der Waals surface area contributed by atoms with Gasteiger partial charge in [0.2, 0.25) is 0 Å². The number of fused-ring (bicyclic) bond motifs is 1. The lowest BCUT2D eigenvalue weighted by Crippen LogP contribution is -2.19. The van der Waals surface area contributed by atoms with Gasteiger partial charge in [0.25, 0.3) is 10.1 Å². The van der Waals surface area contributed by atoms with E-state index in [0.717, 1.165) is 0 Å². The highest BCUT2D eigenvalue weighted by molar-refractivity contribution is 8.25. The van der Waals surface area contributed by atoms with Gasteiger partial charge >= 0.3 is 0 Å². The van der Waals surface area contributed by atoms with Crippen molar-refractivity contribution in [3.05, 3.63) is 30.3 Å². The summed E-state index contributed by atoms with van der Waals surface area (Å²) in [4.78, 5) is 0.114. The van der Waals surface area contributed by atoms with Crippen LogP contribution in [0.3, 0.4) is 0 Å². The summed E-state index contributed by atoms with van der Waals surface area (Å²) in [7, 11) is -6.63. The van der Waals surface area contributed by atoms with Crippen LogP contribution < -0.4 is 0 Å². The zero-order valence-electron chi connectivity index (χ0n) is 10.1. The molecule has 0 saturated carbocycles. The normalized spacial score (nSPS) is 19.5. The summed E-state index contributed by atoms with van der Waals surface area (Å²) >= 11 is 0. The molecule has 0 amide bonds. The van der Waals surface area contributed by atoms with Crippen LogP contribution in [0.25, 0.3) is 10.8 Å². The molecule has 3 rings (SSSR count). The summed E-state index contributed by atoms with van der Waals surface area (Å²) in [5.74, 6) is 0.0154. The Morgan fingerprint density at radius 1 is 1.15 bits per heavy atom. The zero-order valence-corrected chi connectivity index (χ0v) is 11.8. The molecule has 2 aromatic carbocycles. The maximum Gasteiger partial charge on any atom is 0.294 e. The van der Waals surface area contributed by atoms with Crippen LogP contribution in [-0.4, -0.2) is 24.3 Å². The highest BCUT2D eigenvalue weighted by Gasteiger charge is 2.34. The molecule has 1 aliphatic rings. The largest absolute Gasteiger partial charge is 0.508 e. The molecule has 0 spiro atoms. The van der Waals surface area contributed by atoms with Crippen molar-refractivity contribution in [3.63, 3.8) is 0 Å². The van der Waals surface area contributed by atoms with E-state index in [9.17, 15) is 18.1 Å². The lowest BCUT2D eigenvalue weighted by atomic mass is 10.1. The van der Waals surface area contributed by atoms with Gasteiger partial charge in [-0.2, -0.15) is 8.42 Å². The summed E-state index contributed by atoms with van der Waals surface area (Å²) in [6.07, 6.45) is 1.60. The number of aromatic hydroxyl groups is 1. The standard InChI is InChI=1S/C11H10O7S2/c1-19(17-16-18-19)11-6-9(20(13,14)15)4-7-2-3-8(12)5-10(7)11/h2-6,12H,1H3,(H,13,14,15). The van der Waals surface area contributed by atoms with Crippen LogP contribution >= 0.6 is 10.6 Å². The van der Waals surface area contributed by atoms with Gasteiger partial charge in [0.15, 0.2) is 0 Å². The van der Waals surface area contributed by atoms with Gasteiger partial charge in [0.1, 0.15) is 5.75 Å². The second kappa shape index (κ2) is 4.32. The highest BCUT2D eigenvalue weighted by Crippen LogP contribution is 2.63. The minimum atomic E-state index is -4.37. The van der Waals surface area contributed by atoms with Gasteiger partial charge in [-0.3, -0.25) is 4.55 Å². The average Bonchev–Trinajstić information content (AvgIpc) is 2.33. The van der Waals surface area contributed by atoms with Gasteiger partial charge in [0.05, 0.1) is 9.79 Å². The van der Waals surface area contributed by atoms with E-state index in [-0.39, 0.29) is 10.6 Å². The van der Waals surface area contributed by atoms with Crippen molar-refractivity contribution in [1.82, 2.24) is 0 Å². The van der Waals surface area contributed by atoms with E-state index < -0.39 is 20.7 Å². The third kappa shape index (κ3) is 2.14. The molecule has 0 aliphatic carbocycles. The number of rotatable bonds is 2. The number of phenolic OH excluding ortho intramolecular Hbond substituents is 1. The Kier molecular flexibility index (Phi) is 2.94. The maximum absolute atomic E-state index is 11.3. The number of benzene rings is 2. The fraction of sp³-hybridized carbons (Fsp3) is 0.0909. The predicted molar refractivity (Wildman–Crippen MR) is 70.5 cm³/mol. The van der Waals surface area contributed by atoms with E-state index >= 15 is 0 Å². The minimum absolute atomic E-state index is 0.0154. The van der Waals surface area contributed by atoms with Crippen molar-refractivity contribution in [1.29, 1.82) is 0 Å². The molecule has 9 heteroatoms.